The third-order valence-corrected chi connectivity index (χ3v) is 3.91. The van der Waals surface area contributed by atoms with Crippen LogP contribution in [-0.4, -0.2) is 35.0 Å². The third kappa shape index (κ3) is 1.99. The van der Waals surface area contributed by atoms with Crippen molar-refractivity contribution < 1.29 is 14.7 Å². The van der Waals surface area contributed by atoms with Crippen LogP contribution in [0.15, 0.2) is 0 Å². The van der Waals surface area contributed by atoms with E-state index in [1.54, 1.807) is 4.90 Å². The molecule has 1 aliphatic heterocycles. The molecule has 0 aromatic heterocycles. The molecule has 2 rings (SSSR count). The molecule has 1 saturated carbocycles. The minimum Gasteiger partial charge on any atom is -0.481 e. The average molecular weight is 236 g/mol. The topological polar surface area (TPSA) is 81.4 Å². The van der Waals surface area contributed by atoms with Gasteiger partial charge in [-0.05, 0) is 19.3 Å². The smallest absolute Gasteiger partial charge is 0.308 e. The van der Waals surface area contributed by atoms with E-state index in [2.05, 4.69) is 6.07 Å². The molecule has 0 unspecified atom stereocenters. The highest BCUT2D eigenvalue weighted by Crippen LogP contribution is 2.40. The fourth-order valence-corrected chi connectivity index (χ4v) is 2.80. The number of carbonyl (C=O) groups excluding carboxylic acids is 1. The first-order valence-electron chi connectivity index (χ1n) is 6.02. The van der Waals surface area contributed by atoms with Crippen LogP contribution in [0.1, 0.15) is 32.1 Å². The number of rotatable bonds is 2. The van der Waals surface area contributed by atoms with Crippen molar-refractivity contribution in [2.24, 2.45) is 11.3 Å². The Bertz CT molecular complexity index is 380. The van der Waals surface area contributed by atoms with Gasteiger partial charge in [-0.2, -0.15) is 5.26 Å². The minimum absolute atomic E-state index is 0.152. The van der Waals surface area contributed by atoms with Gasteiger partial charge in [0.25, 0.3) is 0 Å². The number of aliphatic carboxylic acids is 1. The molecule has 0 aromatic carbocycles. The van der Waals surface area contributed by atoms with E-state index in [1.165, 1.54) is 0 Å². The first-order valence-corrected chi connectivity index (χ1v) is 6.02. The van der Waals surface area contributed by atoms with Crippen LogP contribution in [0.25, 0.3) is 0 Å². The van der Waals surface area contributed by atoms with Crippen molar-refractivity contribution in [1.29, 1.82) is 5.26 Å². The van der Waals surface area contributed by atoms with Crippen LogP contribution in [0, 0.1) is 22.7 Å². The summed E-state index contributed by atoms with van der Waals surface area (Å²) in [5.74, 6) is -1.46. The average Bonchev–Trinajstić information content (AvgIpc) is 2.98. The molecule has 1 saturated heterocycles. The Hall–Kier alpha value is -1.57. The van der Waals surface area contributed by atoms with Crippen molar-refractivity contribution in [2.45, 2.75) is 32.1 Å². The fraction of sp³-hybridized carbons (Fsp3) is 0.750. The number of hydrogen-bond donors (Lipinski definition) is 1. The van der Waals surface area contributed by atoms with Gasteiger partial charge in [-0.3, -0.25) is 9.59 Å². The van der Waals surface area contributed by atoms with E-state index >= 15 is 0 Å². The van der Waals surface area contributed by atoms with E-state index in [0.717, 1.165) is 12.8 Å². The number of carboxylic acid groups (broad SMARTS) is 1. The number of hydrogen-bond acceptors (Lipinski definition) is 3. The summed E-state index contributed by atoms with van der Waals surface area (Å²) in [6, 6.07) is 2.16. The van der Waals surface area contributed by atoms with Crippen molar-refractivity contribution in [3.05, 3.63) is 0 Å². The molecule has 92 valence electrons. The summed E-state index contributed by atoms with van der Waals surface area (Å²) in [6.07, 6.45) is 3.57. The monoisotopic (exact) mass is 236 g/mol. The molecule has 1 aliphatic carbocycles. The number of nitriles is 1. The maximum absolute atomic E-state index is 12.3. The number of carboxylic acids is 1. The van der Waals surface area contributed by atoms with Gasteiger partial charge in [-0.1, -0.05) is 12.8 Å². The lowest BCUT2D eigenvalue weighted by Gasteiger charge is -2.26. The van der Waals surface area contributed by atoms with Gasteiger partial charge in [-0.15, -0.1) is 0 Å². The summed E-state index contributed by atoms with van der Waals surface area (Å²) < 4.78 is 0. The molecule has 5 nitrogen and oxygen atoms in total. The summed E-state index contributed by atoms with van der Waals surface area (Å²) in [4.78, 5) is 24.7. The fourth-order valence-electron chi connectivity index (χ4n) is 2.80. The van der Waals surface area contributed by atoms with Gasteiger partial charge >= 0.3 is 5.97 Å². The van der Waals surface area contributed by atoms with Crippen molar-refractivity contribution in [3.63, 3.8) is 0 Å². The van der Waals surface area contributed by atoms with Crippen LogP contribution < -0.4 is 0 Å². The van der Waals surface area contributed by atoms with Crippen molar-refractivity contribution in [1.82, 2.24) is 4.90 Å². The van der Waals surface area contributed by atoms with E-state index < -0.39 is 17.3 Å². The van der Waals surface area contributed by atoms with Crippen molar-refractivity contribution >= 4 is 11.9 Å². The molecule has 0 spiro atoms. The minimum atomic E-state index is -0.868. The number of nitrogens with zero attached hydrogens (tertiary/aromatic N) is 2. The molecule has 1 heterocycles. The quantitative estimate of drug-likeness (QED) is 0.775. The molecule has 0 radical (unpaired) electrons. The molecule has 1 amide bonds. The summed E-state index contributed by atoms with van der Waals surface area (Å²) in [5, 5.41) is 18.1. The summed E-state index contributed by atoms with van der Waals surface area (Å²) in [6.45, 7) is 0.733. The summed E-state index contributed by atoms with van der Waals surface area (Å²) >= 11 is 0. The number of carbonyl (C=O) groups is 2. The first-order chi connectivity index (χ1) is 8.09. The van der Waals surface area contributed by atoms with Crippen molar-refractivity contribution in [2.75, 3.05) is 13.1 Å². The second-order valence-corrected chi connectivity index (χ2v) is 4.98. The van der Waals surface area contributed by atoms with Crippen LogP contribution in [0.2, 0.25) is 0 Å². The van der Waals surface area contributed by atoms with Gasteiger partial charge in [0.05, 0.1) is 12.0 Å². The zero-order chi connectivity index (χ0) is 12.5. The summed E-state index contributed by atoms with van der Waals surface area (Å²) in [5.41, 5.74) is -0.868. The van der Waals surface area contributed by atoms with E-state index in [0.29, 0.717) is 25.8 Å². The van der Waals surface area contributed by atoms with Crippen LogP contribution in [0.4, 0.5) is 0 Å². The Morgan fingerprint density at radius 1 is 1.35 bits per heavy atom. The third-order valence-electron chi connectivity index (χ3n) is 3.91. The maximum Gasteiger partial charge on any atom is 0.308 e. The highest BCUT2D eigenvalue weighted by Gasteiger charge is 2.46. The van der Waals surface area contributed by atoms with Crippen molar-refractivity contribution in [3.8, 4) is 6.07 Å². The predicted octanol–water partition coefficient (Wildman–Crippen LogP) is 1.00. The molecule has 1 N–H and O–H groups in total. The largest absolute Gasteiger partial charge is 0.481 e. The Morgan fingerprint density at radius 3 is 2.47 bits per heavy atom. The second-order valence-electron chi connectivity index (χ2n) is 4.98. The highest BCUT2D eigenvalue weighted by molar-refractivity contribution is 5.86. The number of amides is 1. The lowest BCUT2D eigenvalue weighted by atomic mass is 9.86. The lowest BCUT2D eigenvalue weighted by molar-refractivity contribution is -0.142. The Labute approximate surface area is 100 Å². The molecule has 5 heteroatoms. The first kappa shape index (κ1) is 11.9. The summed E-state index contributed by atoms with van der Waals surface area (Å²) in [7, 11) is 0. The molecule has 0 bridgehead atoms. The standard InChI is InChI=1S/C12H16N2O3/c13-8-12(4-1-2-5-12)11(17)14-6-3-9(7-14)10(15)16/h9H,1-7H2,(H,15,16)/t9-/m0/s1. The SMILES string of the molecule is N#CC1(C(=O)N2CC[C@H](C(=O)O)C2)CCCC1. The van der Waals surface area contributed by atoms with Gasteiger partial charge < -0.3 is 10.0 Å². The predicted molar refractivity (Wildman–Crippen MR) is 58.8 cm³/mol. The van der Waals surface area contributed by atoms with Gasteiger partial charge in [0, 0.05) is 13.1 Å². The Morgan fingerprint density at radius 2 is 2.00 bits per heavy atom. The molecular formula is C12H16N2O3. The van der Waals surface area contributed by atoms with Crippen LogP contribution in [0.5, 0.6) is 0 Å². The maximum atomic E-state index is 12.3. The molecule has 0 aromatic rings. The van der Waals surface area contributed by atoms with E-state index in [9.17, 15) is 14.9 Å². The lowest BCUT2D eigenvalue weighted by Crippen LogP contribution is -2.41. The molecule has 1 atom stereocenters. The number of likely N-dealkylation sites (tertiary alicyclic amines) is 1. The van der Waals surface area contributed by atoms with Crippen LogP contribution >= 0.6 is 0 Å². The zero-order valence-electron chi connectivity index (χ0n) is 9.69. The molecule has 2 aliphatic rings. The zero-order valence-corrected chi connectivity index (χ0v) is 9.69. The van der Waals surface area contributed by atoms with Gasteiger partial charge in [0.15, 0.2) is 0 Å². The van der Waals surface area contributed by atoms with Gasteiger partial charge in [0.2, 0.25) is 5.91 Å². The second kappa shape index (κ2) is 4.36. The van der Waals surface area contributed by atoms with Crippen LogP contribution in [0.3, 0.4) is 0 Å². The van der Waals surface area contributed by atoms with E-state index in [1.807, 2.05) is 0 Å². The van der Waals surface area contributed by atoms with Gasteiger partial charge in [0.1, 0.15) is 5.41 Å². The van der Waals surface area contributed by atoms with Crippen LogP contribution in [-0.2, 0) is 9.59 Å². The molecule has 2 fully saturated rings. The normalized spacial score (nSPS) is 26.8. The Kier molecular flexibility index (Phi) is 3.05. The molecule has 17 heavy (non-hydrogen) atoms. The molecular weight excluding hydrogens is 220 g/mol. The van der Waals surface area contributed by atoms with E-state index in [4.69, 9.17) is 5.11 Å². The Balaban J connectivity index is 2.06. The van der Waals surface area contributed by atoms with Gasteiger partial charge in [-0.25, -0.2) is 0 Å². The van der Waals surface area contributed by atoms with E-state index in [-0.39, 0.29) is 12.5 Å². The highest BCUT2D eigenvalue weighted by atomic mass is 16.4.